The van der Waals surface area contributed by atoms with E-state index < -0.39 is 0 Å². The van der Waals surface area contributed by atoms with Gasteiger partial charge in [-0.25, -0.2) is 4.39 Å². The van der Waals surface area contributed by atoms with Gasteiger partial charge in [0.05, 0.1) is 0 Å². The number of hydrogen-bond donors (Lipinski definition) is 1. The Morgan fingerprint density at radius 2 is 2.21 bits per heavy atom. The first-order chi connectivity index (χ1) is 8.61. The van der Waals surface area contributed by atoms with Crippen molar-refractivity contribution in [3.8, 4) is 0 Å². The highest BCUT2D eigenvalue weighted by Gasteiger charge is 2.27. The number of nitrogens with zero attached hydrogens (tertiary/aromatic N) is 1. The minimum atomic E-state index is -0.225. The second kappa shape index (κ2) is 7.44. The molecule has 0 amide bonds. The van der Waals surface area contributed by atoms with Gasteiger partial charge in [-0.15, -0.1) is 12.4 Å². The highest BCUT2D eigenvalue weighted by Crippen LogP contribution is 2.25. The van der Waals surface area contributed by atoms with Crippen LogP contribution >= 0.6 is 24.0 Å². The van der Waals surface area contributed by atoms with Crippen LogP contribution in [0.3, 0.4) is 0 Å². The van der Waals surface area contributed by atoms with E-state index in [0.29, 0.717) is 35.6 Å². The summed E-state index contributed by atoms with van der Waals surface area (Å²) in [6.45, 7) is 4.47. The second-order valence-electron chi connectivity index (χ2n) is 5.13. The van der Waals surface area contributed by atoms with Crippen molar-refractivity contribution in [3.63, 3.8) is 0 Å². The maximum absolute atomic E-state index is 13.8. The highest BCUT2D eigenvalue weighted by molar-refractivity contribution is 6.30. The lowest BCUT2D eigenvalue weighted by Gasteiger charge is -2.39. The van der Waals surface area contributed by atoms with Crippen LogP contribution in [0.1, 0.15) is 25.3 Å². The van der Waals surface area contributed by atoms with Crippen LogP contribution in [0.25, 0.3) is 0 Å². The van der Waals surface area contributed by atoms with Gasteiger partial charge < -0.3 is 5.73 Å². The van der Waals surface area contributed by atoms with Crippen LogP contribution in [0, 0.1) is 11.7 Å². The molecule has 1 heterocycles. The monoisotopic (exact) mass is 306 g/mol. The summed E-state index contributed by atoms with van der Waals surface area (Å²) in [6.07, 6.45) is 2.37. The molecule has 2 unspecified atom stereocenters. The molecule has 1 fully saturated rings. The van der Waals surface area contributed by atoms with Gasteiger partial charge >= 0.3 is 0 Å². The predicted molar refractivity (Wildman–Crippen MR) is 80.3 cm³/mol. The fraction of sp³-hybridized carbons (Fsp3) is 0.571. The Morgan fingerprint density at radius 3 is 2.84 bits per heavy atom. The fourth-order valence-electron chi connectivity index (χ4n) is 2.78. The van der Waals surface area contributed by atoms with Gasteiger partial charge in [0.1, 0.15) is 5.82 Å². The maximum Gasteiger partial charge on any atom is 0.129 e. The summed E-state index contributed by atoms with van der Waals surface area (Å²) >= 11 is 5.77. The lowest BCUT2D eigenvalue weighted by molar-refractivity contribution is 0.0979. The van der Waals surface area contributed by atoms with Gasteiger partial charge in [-0.1, -0.05) is 24.6 Å². The molecule has 0 spiro atoms. The topological polar surface area (TPSA) is 29.3 Å². The molecule has 19 heavy (non-hydrogen) atoms. The van der Waals surface area contributed by atoms with Gasteiger partial charge in [0.25, 0.3) is 0 Å². The minimum Gasteiger partial charge on any atom is -0.329 e. The SMILES string of the molecule is CC1CCCN(Cc2ccc(Cl)cc2F)C1CN.Cl. The Hall–Kier alpha value is -0.350. The van der Waals surface area contributed by atoms with E-state index in [4.69, 9.17) is 17.3 Å². The van der Waals surface area contributed by atoms with Crippen LogP contribution < -0.4 is 5.73 Å². The standard InChI is InChI=1S/C14H20ClFN2.ClH/c1-10-3-2-6-18(14(10)8-17)9-11-4-5-12(15)7-13(11)16;/h4-5,7,10,14H,2-3,6,8-9,17H2,1H3;1H. The van der Waals surface area contributed by atoms with E-state index in [2.05, 4.69) is 11.8 Å². The van der Waals surface area contributed by atoms with E-state index in [0.717, 1.165) is 13.0 Å². The second-order valence-corrected chi connectivity index (χ2v) is 5.57. The van der Waals surface area contributed by atoms with Crippen molar-refractivity contribution in [1.82, 2.24) is 4.90 Å². The molecule has 2 rings (SSSR count). The molecule has 0 radical (unpaired) electrons. The Balaban J connectivity index is 0.00000180. The smallest absolute Gasteiger partial charge is 0.129 e. The van der Waals surface area contributed by atoms with Gasteiger partial charge in [0.2, 0.25) is 0 Å². The number of hydrogen-bond acceptors (Lipinski definition) is 2. The molecular weight excluding hydrogens is 286 g/mol. The normalized spacial score (nSPS) is 24.0. The van der Waals surface area contributed by atoms with Gasteiger partial charge in [-0.2, -0.15) is 0 Å². The molecule has 108 valence electrons. The van der Waals surface area contributed by atoms with Gasteiger partial charge in [0.15, 0.2) is 0 Å². The van der Waals surface area contributed by atoms with Gasteiger partial charge in [-0.05, 0) is 37.4 Å². The number of benzene rings is 1. The molecule has 2 N–H and O–H groups in total. The fourth-order valence-corrected chi connectivity index (χ4v) is 2.94. The number of rotatable bonds is 3. The zero-order valence-electron chi connectivity index (χ0n) is 11.1. The largest absolute Gasteiger partial charge is 0.329 e. The van der Waals surface area contributed by atoms with Gasteiger partial charge in [0, 0.05) is 29.7 Å². The summed E-state index contributed by atoms with van der Waals surface area (Å²) in [4.78, 5) is 2.29. The van der Waals surface area contributed by atoms with Crippen LogP contribution in [0.5, 0.6) is 0 Å². The third-order valence-corrected chi connectivity index (χ3v) is 4.10. The van der Waals surface area contributed by atoms with E-state index in [9.17, 15) is 4.39 Å². The number of nitrogens with two attached hydrogens (primary N) is 1. The first kappa shape index (κ1) is 16.7. The molecule has 2 atom stereocenters. The van der Waals surface area contributed by atoms with Crippen molar-refractivity contribution in [2.24, 2.45) is 11.7 Å². The first-order valence-corrected chi connectivity index (χ1v) is 6.87. The van der Waals surface area contributed by atoms with E-state index in [1.165, 1.54) is 12.5 Å². The molecule has 0 bridgehead atoms. The quantitative estimate of drug-likeness (QED) is 0.926. The summed E-state index contributed by atoms with van der Waals surface area (Å²) in [6, 6.07) is 5.24. The Morgan fingerprint density at radius 1 is 1.47 bits per heavy atom. The number of halogens is 3. The van der Waals surface area contributed by atoms with Crippen molar-refractivity contribution >= 4 is 24.0 Å². The summed E-state index contributed by atoms with van der Waals surface area (Å²) in [5, 5.41) is 0.443. The van der Waals surface area contributed by atoms with E-state index in [1.54, 1.807) is 12.1 Å². The lowest BCUT2D eigenvalue weighted by atomic mass is 9.90. The molecule has 1 aromatic carbocycles. The van der Waals surface area contributed by atoms with Gasteiger partial charge in [-0.3, -0.25) is 4.90 Å². The average molecular weight is 307 g/mol. The third-order valence-electron chi connectivity index (χ3n) is 3.86. The van der Waals surface area contributed by atoms with Crippen LogP contribution in [0.15, 0.2) is 18.2 Å². The minimum absolute atomic E-state index is 0. The summed E-state index contributed by atoms with van der Waals surface area (Å²) in [5.41, 5.74) is 6.54. The van der Waals surface area contributed by atoms with Crippen molar-refractivity contribution in [3.05, 3.63) is 34.6 Å². The van der Waals surface area contributed by atoms with Crippen molar-refractivity contribution in [1.29, 1.82) is 0 Å². The first-order valence-electron chi connectivity index (χ1n) is 6.50. The zero-order valence-corrected chi connectivity index (χ0v) is 12.7. The molecule has 0 aromatic heterocycles. The Bertz CT molecular complexity index is 414. The average Bonchev–Trinajstić information content (AvgIpc) is 2.33. The molecule has 1 aliphatic heterocycles. The number of likely N-dealkylation sites (tertiary alicyclic amines) is 1. The van der Waals surface area contributed by atoms with Crippen molar-refractivity contribution < 1.29 is 4.39 Å². The van der Waals surface area contributed by atoms with Crippen LogP contribution in [0.4, 0.5) is 4.39 Å². The van der Waals surface area contributed by atoms with E-state index >= 15 is 0 Å². The van der Waals surface area contributed by atoms with Crippen LogP contribution in [-0.2, 0) is 6.54 Å². The Kier molecular flexibility index (Phi) is 6.54. The van der Waals surface area contributed by atoms with Crippen molar-refractivity contribution in [2.75, 3.05) is 13.1 Å². The summed E-state index contributed by atoms with van der Waals surface area (Å²) in [5.74, 6) is 0.357. The third kappa shape index (κ3) is 4.06. The maximum atomic E-state index is 13.8. The van der Waals surface area contributed by atoms with Crippen molar-refractivity contribution in [2.45, 2.75) is 32.4 Å². The molecule has 0 saturated carbocycles. The molecule has 2 nitrogen and oxygen atoms in total. The molecule has 1 aliphatic rings. The van der Waals surface area contributed by atoms with E-state index in [1.807, 2.05) is 0 Å². The highest BCUT2D eigenvalue weighted by atomic mass is 35.5. The molecular formula is C14H21Cl2FN2. The summed E-state index contributed by atoms with van der Waals surface area (Å²) < 4.78 is 13.8. The lowest BCUT2D eigenvalue weighted by Crippen LogP contribution is -2.48. The Labute approximate surface area is 125 Å². The van der Waals surface area contributed by atoms with E-state index in [-0.39, 0.29) is 18.2 Å². The predicted octanol–water partition coefficient (Wildman–Crippen LogP) is 3.46. The molecule has 5 heteroatoms. The number of piperidine rings is 1. The summed E-state index contributed by atoms with van der Waals surface area (Å²) in [7, 11) is 0. The molecule has 1 aromatic rings. The molecule has 1 saturated heterocycles. The van der Waals surface area contributed by atoms with Crippen LogP contribution in [-0.4, -0.2) is 24.0 Å². The molecule has 0 aliphatic carbocycles. The zero-order chi connectivity index (χ0) is 13.1. The van der Waals surface area contributed by atoms with Crippen LogP contribution in [0.2, 0.25) is 5.02 Å².